The summed E-state index contributed by atoms with van der Waals surface area (Å²) in [4.78, 5) is 36.1. The van der Waals surface area contributed by atoms with Crippen LogP contribution in [0.25, 0.3) is 0 Å². The van der Waals surface area contributed by atoms with E-state index in [9.17, 15) is 18.8 Å². The molecule has 0 aliphatic rings. The highest BCUT2D eigenvalue weighted by atomic mass is 32.1. The Hall–Kier alpha value is -2.54. The lowest BCUT2D eigenvalue weighted by atomic mass is 10.3. The molecule has 2 N–H and O–H groups in total. The number of benzene rings is 1. The van der Waals surface area contributed by atoms with E-state index < -0.39 is 17.6 Å². The standard InChI is InChI=1S/C16H15FN2O3S/c1-10(20)14-7-6-11(23-14)8-9-18-15(21)16(22)19-13-5-3-2-4-12(13)17/h2-7H,8-9H2,1H3,(H,18,21)(H,19,22). The van der Waals surface area contributed by atoms with Crippen molar-refractivity contribution in [3.05, 3.63) is 52.0 Å². The molecule has 2 aromatic rings. The molecular formula is C16H15FN2O3S. The molecule has 1 heterocycles. The maximum atomic E-state index is 13.4. The summed E-state index contributed by atoms with van der Waals surface area (Å²) in [5.74, 6) is -2.37. The summed E-state index contributed by atoms with van der Waals surface area (Å²) in [7, 11) is 0. The lowest BCUT2D eigenvalue weighted by molar-refractivity contribution is -0.136. The molecular weight excluding hydrogens is 319 g/mol. The third kappa shape index (κ3) is 4.72. The van der Waals surface area contributed by atoms with Crippen molar-refractivity contribution in [2.24, 2.45) is 0 Å². The van der Waals surface area contributed by atoms with Gasteiger partial charge in [0.05, 0.1) is 10.6 Å². The Bertz CT molecular complexity index is 742. The molecule has 0 aliphatic heterocycles. The van der Waals surface area contributed by atoms with E-state index in [1.807, 2.05) is 6.07 Å². The number of para-hydroxylation sites is 1. The molecule has 0 bridgehead atoms. The second-order valence-corrected chi connectivity index (χ2v) is 5.93. The van der Waals surface area contributed by atoms with Gasteiger partial charge in [0.1, 0.15) is 5.82 Å². The van der Waals surface area contributed by atoms with E-state index >= 15 is 0 Å². The van der Waals surface area contributed by atoms with Crippen molar-refractivity contribution in [2.75, 3.05) is 11.9 Å². The minimum atomic E-state index is -0.925. The van der Waals surface area contributed by atoms with Crippen molar-refractivity contribution < 1.29 is 18.8 Å². The first kappa shape index (κ1) is 16.8. The highest BCUT2D eigenvalue weighted by molar-refractivity contribution is 7.14. The number of ketones is 1. The molecule has 7 heteroatoms. The Labute approximate surface area is 136 Å². The summed E-state index contributed by atoms with van der Waals surface area (Å²) in [6.45, 7) is 1.74. The number of hydrogen-bond acceptors (Lipinski definition) is 4. The molecule has 0 spiro atoms. The van der Waals surface area contributed by atoms with Crippen LogP contribution in [0.2, 0.25) is 0 Å². The number of nitrogens with one attached hydrogen (secondary N) is 2. The van der Waals surface area contributed by atoms with Crippen molar-refractivity contribution in [3.8, 4) is 0 Å². The first-order valence-electron chi connectivity index (χ1n) is 6.90. The molecule has 2 rings (SSSR count). The Morgan fingerprint density at radius 3 is 2.48 bits per heavy atom. The second-order valence-electron chi connectivity index (χ2n) is 4.76. The summed E-state index contributed by atoms with van der Waals surface area (Å²) in [6.07, 6.45) is 0.511. The topological polar surface area (TPSA) is 75.3 Å². The number of hydrogen-bond donors (Lipinski definition) is 2. The number of carbonyl (C=O) groups is 3. The quantitative estimate of drug-likeness (QED) is 0.651. The van der Waals surface area contributed by atoms with E-state index in [4.69, 9.17) is 0 Å². The molecule has 0 atom stereocenters. The van der Waals surface area contributed by atoms with Gasteiger partial charge in [0, 0.05) is 11.4 Å². The lowest BCUT2D eigenvalue weighted by Gasteiger charge is -2.06. The number of amides is 2. The third-order valence-corrected chi connectivity index (χ3v) is 4.24. The normalized spacial score (nSPS) is 10.2. The molecule has 5 nitrogen and oxygen atoms in total. The smallest absolute Gasteiger partial charge is 0.313 e. The molecule has 23 heavy (non-hydrogen) atoms. The first-order chi connectivity index (χ1) is 11.0. The van der Waals surface area contributed by atoms with Crippen LogP contribution in [0.5, 0.6) is 0 Å². The van der Waals surface area contributed by atoms with E-state index in [2.05, 4.69) is 10.6 Å². The van der Waals surface area contributed by atoms with Gasteiger partial charge in [-0.15, -0.1) is 11.3 Å². The van der Waals surface area contributed by atoms with Crippen LogP contribution in [0, 0.1) is 5.82 Å². The number of Topliss-reactive ketones (excluding diaryl/α,β-unsaturated/α-hetero) is 1. The highest BCUT2D eigenvalue weighted by Gasteiger charge is 2.15. The van der Waals surface area contributed by atoms with E-state index in [1.54, 1.807) is 12.1 Å². The van der Waals surface area contributed by atoms with Crippen molar-refractivity contribution >= 4 is 34.6 Å². The fourth-order valence-corrected chi connectivity index (χ4v) is 2.73. The summed E-state index contributed by atoms with van der Waals surface area (Å²) < 4.78 is 13.4. The second kappa shape index (κ2) is 7.64. The number of anilines is 1. The van der Waals surface area contributed by atoms with E-state index in [1.165, 1.54) is 36.5 Å². The molecule has 0 aliphatic carbocycles. The Kier molecular flexibility index (Phi) is 5.59. The summed E-state index contributed by atoms with van der Waals surface area (Å²) >= 11 is 1.35. The Balaban J connectivity index is 1.81. The molecule has 0 unspecified atom stereocenters. The highest BCUT2D eigenvalue weighted by Crippen LogP contribution is 2.17. The van der Waals surface area contributed by atoms with Crippen LogP contribution >= 0.6 is 11.3 Å². The molecule has 120 valence electrons. The zero-order chi connectivity index (χ0) is 16.8. The zero-order valence-corrected chi connectivity index (χ0v) is 13.2. The largest absolute Gasteiger partial charge is 0.347 e. The van der Waals surface area contributed by atoms with Crippen molar-refractivity contribution in [1.82, 2.24) is 5.32 Å². The molecule has 0 fully saturated rings. The maximum absolute atomic E-state index is 13.4. The Morgan fingerprint density at radius 2 is 1.83 bits per heavy atom. The van der Waals surface area contributed by atoms with Gasteiger partial charge >= 0.3 is 11.8 Å². The summed E-state index contributed by atoms with van der Waals surface area (Å²) in [5.41, 5.74) is -0.0444. The van der Waals surface area contributed by atoms with Gasteiger partial charge < -0.3 is 10.6 Å². The molecule has 0 radical (unpaired) electrons. The fraction of sp³-hybridized carbons (Fsp3) is 0.188. The van der Waals surface area contributed by atoms with Gasteiger partial charge in [-0.05, 0) is 37.6 Å². The van der Waals surface area contributed by atoms with E-state index in [0.29, 0.717) is 11.3 Å². The monoisotopic (exact) mass is 334 g/mol. The van der Waals surface area contributed by atoms with Gasteiger partial charge in [0.15, 0.2) is 5.78 Å². The summed E-state index contributed by atoms with van der Waals surface area (Å²) in [6, 6.07) is 9.15. The van der Waals surface area contributed by atoms with Gasteiger partial charge in [0.25, 0.3) is 0 Å². The van der Waals surface area contributed by atoms with Gasteiger partial charge in [-0.25, -0.2) is 4.39 Å². The number of carbonyl (C=O) groups excluding carboxylic acids is 3. The maximum Gasteiger partial charge on any atom is 0.313 e. The van der Waals surface area contributed by atoms with E-state index in [-0.39, 0.29) is 18.0 Å². The van der Waals surface area contributed by atoms with Gasteiger partial charge in [0.2, 0.25) is 0 Å². The minimum Gasteiger partial charge on any atom is -0.347 e. The molecule has 1 aromatic carbocycles. The van der Waals surface area contributed by atoms with Crippen LogP contribution in [0.3, 0.4) is 0 Å². The SMILES string of the molecule is CC(=O)c1ccc(CCNC(=O)C(=O)Nc2ccccc2F)s1. The number of rotatable bonds is 5. The number of halogens is 1. The van der Waals surface area contributed by atoms with Gasteiger partial charge in [-0.1, -0.05) is 12.1 Å². The van der Waals surface area contributed by atoms with Crippen LogP contribution in [0.1, 0.15) is 21.5 Å². The van der Waals surface area contributed by atoms with Crippen LogP contribution in [0.4, 0.5) is 10.1 Å². The third-order valence-electron chi connectivity index (χ3n) is 2.99. The predicted octanol–water partition coefficient (Wildman–Crippen LogP) is 2.39. The van der Waals surface area contributed by atoms with Crippen LogP contribution < -0.4 is 10.6 Å². The minimum absolute atomic E-state index is 0.00505. The lowest BCUT2D eigenvalue weighted by Crippen LogP contribution is -2.36. The predicted molar refractivity (Wildman–Crippen MR) is 86.1 cm³/mol. The average Bonchev–Trinajstić information content (AvgIpc) is 2.98. The van der Waals surface area contributed by atoms with Crippen molar-refractivity contribution in [3.63, 3.8) is 0 Å². The van der Waals surface area contributed by atoms with Crippen LogP contribution in [0.15, 0.2) is 36.4 Å². The zero-order valence-electron chi connectivity index (χ0n) is 12.4. The van der Waals surface area contributed by atoms with Crippen molar-refractivity contribution in [2.45, 2.75) is 13.3 Å². The molecule has 2 amide bonds. The van der Waals surface area contributed by atoms with E-state index in [0.717, 1.165) is 4.88 Å². The van der Waals surface area contributed by atoms with Crippen LogP contribution in [-0.2, 0) is 16.0 Å². The first-order valence-corrected chi connectivity index (χ1v) is 7.72. The molecule has 1 aromatic heterocycles. The fourth-order valence-electron chi connectivity index (χ4n) is 1.82. The van der Waals surface area contributed by atoms with Crippen LogP contribution in [-0.4, -0.2) is 24.1 Å². The van der Waals surface area contributed by atoms with Gasteiger partial charge in [-0.2, -0.15) is 0 Å². The summed E-state index contributed by atoms with van der Waals surface area (Å²) in [5, 5.41) is 4.67. The molecule has 0 saturated carbocycles. The average molecular weight is 334 g/mol. The van der Waals surface area contributed by atoms with Gasteiger partial charge in [-0.3, -0.25) is 14.4 Å². The van der Waals surface area contributed by atoms with Crippen molar-refractivity contribution in [1.29, 1.82) is 0 Å². The number of thiophene rings is 1. The molecule has 0 saturated heterocycles. The Morgan fingerprint density at radius 1 is 1.09 bits per heavy atom.